The highest BCUT2D eigenvalue weighted by atomic mass is 32.2. The van der Waals surface area contributed by atoms with Crippen molar-refractivity contribution in [1.82, 2.24) is 4.31 Å². The summed E-state index contributed by atoms with van der Waals surface area (Å²) in [5, 5.41) is 0. The van der Waals surface area contributed by atoms with E-state index in [-0.39, 0.29) is 10.5 Å². The van der Waals surface area contributed by atoms with Crippen molar-refractivity contribution in [2.75, 3.05) is 13.1 Å². The fraction of sp³-hybridized carbons (Fsp3) is 0.278. The lowest BCUT2D eigenvalue weighted by molar-refractivity contribution is 0.0462. The maximum Gasteiger partial charge on any atom is 0.338 e. The number of benzene rings is 2. The van der Waals surface area contributed by atoms with E-state index in [1.807, 2.05) is 0 Å². The van der Waals surface area contributed by atoms with E-state index in [9.17, 15) is 35.2 Å². The second kappa shape index (κ2) is 8.07. The SMILES string of the molecule is O=C(OCc1c(F)c(F)c(F)c(F)c1F)c1ccc(S(=O)(=O)N2CCCC2)cc1. The number of nitrogens with zero attached hydrogens (tertiary/aromatic N) is 1. The van der Waals surface area contributed by atoms with Crippen LogP contribution in [0.3, 0.4) is 0 Å². The molecule has 0 saturated carbocycles. The Morgan fingerprint density at radius 3 is 1.86 bits per heavy atom. The third-order valence-corrected chi connectivity index (χ3v) is 6.35. The van der Waals surface area contributed by atoms with E-state index < -0.39 is 57.2 Å². The summed E-state index contributed by atoms with van der Waals surface area (Å²) >= 11 is 0. The molecule has 156 valence electrons. The summed E-state index contributed by atoms with van der Waals surface area (Å²) in [5.74, 6) is -11.9. The van der Waals surface area contributed by atoms with E-state index in [1.165, 1.54) is 16.4 Å². The largest absolute Gasteiger partial charge is 0.457 e. The molecule has 1 aliphatic rings. The lowest BCUT2D eigenvalue weighted by Gasteiger charge is -2.15. The van der Waals surface area contributed by atoms with Crippen LogP contribution in [-0.4, -0.2) is 31.8 Å². The summed E-state index contributed by atoms with van der Waals surface area (Å²) < 4.78 is 97.3. The second-order valence-electron chi connectivity index (χ2n) is 6.26. The minimum Gasteiger partial charge on any atom is -0.457 e. The molecule has 5 nitrogen and oxygen atoms in total. The molecule has 2 aromatic carbocycles. The summed E-state index contributed by atoms with van der Waals surface area (Å²) in [4.78, 5) is 12.0. The minimum atomic E-state index is -3.70. The van der Waals surface area contributed by atoms with Gasteiger partial charge in [0.25, 0.3) is 0 Å². The van der Waals surface area contributed by atoms with Crippen molar-refractivity contribution >= 4 is 16.0 Å². The number of ether oxygens (including phenoxy) is 1. The van der Waals surface area contributed by atoms with Crippen LogP contribution in [0.25, 0.3) is 0 Å². The average Bonchev–Trinajstić information content (AvgIpc) is 3.26. The Hall–Kier alpha value is -2.53. The molecule has 2 aromatic rings. The van der Waals surface area contributed by atoms with Crippen molar-refractivity contribution in [1.29, 1.82) is 0 Å². The first-order valence-corrected chi connectivity index (χ1v) is 9.86. The fourth-order valence-corrected chi connectivity index (χ4v) is 4.36. The maximum absolute atomic E-state index is 13.6. The lowest BCUT2D eigenvalue weighted by Crippen LogP contribution is -2.27. The number of sulfonamides is 1. The van der Waals surface area contributed by atoms with Crippen LogP contribution in [0.1, 0.15) is 28.8 Å². The lowest BCUT2D eigenvalue weighted by atomic mass is 10.2. The molecule has 0 unspecified atom stereocenters. The highest BCUT2D eigenvalue weighted by molar-refractivity contribution is 7.89. The zero-order valence-electron chi connectivity index (χ0n) is 14.7. The Kier molecular flexibility index (Phi) is 5.90. The molecule has 1 heterocycles. The molecule has 29 heavy (non-hydrogen) atoms. The quantitative estimate of drug-likeness (QED) is 0.312. The van der Waals surface area contributed by atoms with Crippen molar-refractivity contribution in [3.63, 3.8) is 0 Å². The van der Waals surface area contributed by atoms with Crippen LogP contribution in [-0.2, 0) is 21.4 Å². The number of hydrogen-bond donors (Lipinski definition) is 0. The van der Waals surface area contributed by atoms with Gasteiger partial charge >= 0.3 is 5.97 Å². The Labute approximate surface area is 162 Å². The third kappa shape index (κ3) is 3.97. The van der Waals surface area contributed by atoms with Gasteiger partial charge in [-0.25, -0.2) is 35.2 Å². The van der Waals surface area contributed by atoms with Crippen molar-refractivity contribution in [3.8, 4) is 0 Å². The molecule has 11 heteroatoms. The van der Waals surface area contributed by atoms with Crippen LogP contribution < -0.4 is 0 Å². The van der Waals surface area contributed by atoms with Crippen LogP contribution in [0.2, 0.25) is 0 Å². The predicted molar refractivity (Wildman–Crippen MR) is 89.8 cm³/mol. The summed E-state index contributed by atoms with van der Waals surface area (Å²) in [6.45, 7) is -0.402. The van der Waals surface area contributed by atoms with Crippen LogP contribution in [0, 0.1) is 29.1 Å². The van der Waals surface area contributed by atoms with Crippen LogP contribution in [0.15, 0.2) is 29.2 Å². The van der Waals surface area contributed by atoms with Gasteiger partial charge in [-0.15, -0.1) is 0 Å². The standard InChI is InChI=1S/C18H14F5NO4S/c19-13-12(14(20)16(22)17(23)15(13)21)9-28-18(25)10-3-5-11(6-4-10)29(26,27)24-7-1-2-8-24/h3-6H,1-2,7-9H2. The summed E-state index contributed by atoms with van der Waals surface area (Å²) in [6.07, 6.45) is 1.50. The van der Waals surface area contributed by atoms with Crippen molar-refractivity contribution in [2.24, 2.45) is 0 Å². The van der Waals surface area contributed by atoms with Crippen molar-refractivity contribution < 1.29 is 39.9 Å². The van der Waals surface area contributed by atoms with E-state index in [1.54, 1.807) is 0 Å². The molecule has 0 aliphatic carbocycles. The van der Waals surface area contributed by atoms with Gasteiger partial charge in [0.1, 0.15) is 6.61 Å². The van der Waals surface area contributed by atoms with E-state index in [2.05, 4.69) is 4.74 Å². The first-order chi connectivity index (χ1) is 13.6. The van der Waals surface area contributed by atoms with Crippen LogP contribution in [0.4, 0.5) is 22.0 Å². The van der Waals surface area contributed by atoms with Gasteiger partial charge in [-0.05, 0) is 37.1 Å². The molecular weight excluding hydrogens is 421 g/mol. The Morgan fingerprint density at radius 1 is 0.862 bits per heavy atom. The molecule has 1 saturated heterocycles. The van der Waals surface area contributed by atoms with Gasteiger partial charge in [0.2, 0.25) is 15.8 Å². The molecule has 1 aliphatic heterocycles. The van der Waals surface area contributed by atoms with E-state index in [4.69, 9.17) is 0 Å². The monoisotopic (exact) mass is 435 g/mol. The zero-order valence-corrected chi connectivity index (χ0v) is 15.5. The summed E-state index contributed by atoms with van der Waals surface area (Å²) in [7, 11) is -3.70. The predicted octanol–water partition coefficient (Wildman–Crippen LogP) is 3.52. The number of halogens is 5. The van der Waals surface area contributed by atoms with E-state index >= 15 is 0 Å². The van der Waals surface area contributed by atoms with Gasteiger partial charge in [-0.1, -0.05) is 0 Å². The second-order valence-corrected chi connectivity index (χ2v) is 8.20. The van der Waals surface area contributed by atoms with Crippen molar-refractivity contribution in [2.45, 2.75) is 24.3 Å². The van der Waals surface area contributed by atoms with Gasteiger partial charge in [-0.2, -0.15) is 4.31 Å². The molecule has 0 atom stereocenters. The van der Waals surface area contributed by atoms with Gasteiger partial charge in [0.05, 0.1) is 16.0 Å². The zero-order chi connectivity index (χ0) is 21.3. The summed E-state index contributed by atoms with van der Waals surface area (Å²) in [5.41, 5.74) is -1.45. The molecule has 0 spiro atoms. The highest BCUT2D eigenvalue weighted by Crippen LogP contribution is 2.24. The van der Waals surface area contributed by atoms with Gasteiger partial charge in [0, 0.05) is 13.1 Å². The number of hydrogen-bond acceptors (Lipinski definition) is 4. The van der Waals surface area contributed by atoms with Crippen molar-refractivity contribution in [3.05, 3.63) is 64.5 Å². The molecular formula is C18H14F5NO4S. The number of carbonyl (C=O) groups excluding carboxylic acids is 1. The Balaban J connectivity index is 1.74. The third-order valence-electron chi connectivity index (χ3n) is 4.44. The molecule has 0 aromatic heterocycles. The minimum absolute atomic E-state index is 0.0456. The van der Waals surface area contributed by atoms with E-state index in [0.29, 0.717) is 13.1 Å². The highest BCUT2D eigenvalue weighted by Gasteiger charge is 2.28. The Morgan fingerprint density at radius 2 is 1.34 bits per heavy atom. The average molecular weight is 435 g/mol. The number of esters is 1. The Bertz CT molecular complexity index is 1020. The first kappa shape index (κ1) is 21.2. The van der Waals surface area contributed by atoms with Crippen LogP contribution in [0.5, 0.6) is 0 Å². The molecule has 0 N–H and O–H groups in total. The fourth-order valence-electron chi connectivity index (χ4n) is 2.84. The molecule has 3 rings (SSSR count). The van der Waals surface area contributed by atoms with Gasteiger partial charge in [0.15, 0.2) is 23.3 Å². The maximum atomic E-state index is 13.6. The first-order valence-electron chi connectivity index (χ1n) is 8.42. The molecule has 0 bridgehead atoms. The molecule has 0 radical (unpaired) electrons. The molecule has 0 amide bonds. The number of carbonyl (C=O) groups is 1. The normalized spacial score (nSPS) is 14.9. The van der Waals surface area contributed by atoms with E-state index in [0.717, 1.165) is 25.0 Å². The van der Waals surface area contributed by atoms with Gasteiger partial charge in [-0.3, -0.25) is 0 Å². The topological polar surface area (TPSA) is 63.7 Å². The number of rotatable bonds is 5. The van der Waals surface area contributed by atoms with Crippen LogP contribution >= 0.6 is 0 Å². The van der Waals surface area contributed by atoms with Gasteiger partial charge < -0.3 is 4.74 Å². The molecule has 1 fully saturated rings. The summed E-state index contributed by atoms with van der Waals surface area (Å²) in [6, 6.07) is 4.60. The smallest absolute Gasteiger partial charge is 0.338 e.